The van der Waals surface area contributed by atoms with E-state index in [0.29, 0.717) is 12.0 Å². The van der Waals surface area contributed by atoms with Crippen molar-refractivity contribution >= 4 is 0 Å². The minimum absolute atomic E-state index is 0.339. The number of epoxide rings is 1. The molecule has 1 saturated heterocycles. The Kier molecular flexibility index (Phi) is 1.89. The fourth-order valence-corrected chi connectivity index (χ4v) is 1.26. The minimum atomic E-state index is 0.339. The maximum Gasteiger partial charge on any atom is 0.109 e. The van der Waals surface area contributed by atoms with Gasteiger partial charge in [-0.3, -0.25) is 4.68 Å². The number of nitrogens with zero attached hydrogens (tertiary/aromatic N) is 2. The van der Waals surface area contributed by atoms with Crippen molar-refractivity contribution in [2.45, 2.75) is 26.5 Å². The van der Waals surface area contributed by atoms with Crippen LogP contribution in [0.5, 0.6) is 0 Å². The first-order chi connectivity index (χ1) is 5.75. The standard InChI is InChI=1S/C9H14N2O/c1-7(2)4-11-5-8(3-10-11)9-6-12-9/h3,5,7,9H,4,6H2,1-2H3. The van der Waals surface area contributed by atoms with Crippen LogP contribution in [0.3, 0.4) is 0 Å². The molecule has 1 atom stereocenters. The van der Waals surface area contributed by atoms with E-state index in [1.165, 1.54) is 5.56 Å². The molecule has 0 N–H and O–H groups in total. The quantitative estimate of drug-likeness (QED) is 0.638. The molecule has 2 rings (SSSR count). The molecule has 12 heavy (non-hydrogen) atoms. The first kappa shape index (κ1) is 7.80. The van der Waals surface area contributed by atoms with E-state index in [-0.39, 0.29) is 0 Å². The van der Waals surface area contributed by atoms with Crippen molar-refractivity contribution in [3.63, 3.8) is 0 Å². The Bertz CT molecular complexity index is 263. The van der Waals surface area contributed by atoms with E-state index < -0.39 is 0 Å². The Morgan fingerprint density at radius 2 is 2.50 bits per heavy atom. The molecular formula is C9H14N2O. The minimum Gasteiger partial charge on any atom is -0.368 e. The Morgan fingerprint density at radius 3 is 3.08 bits per heavy atom. The summed E-state index contributed by atoms with van der Waals surface area (Å²) in [5, 5.41) is 4.25. The Hall–Kier alpha value is -0.830. The molecule has 0 aliphatic carbocycles. The molecule has 1 aromatic rings. The largest absolute Gasteiger partial charge is 0.368 e. The van der Waals surface area contributed by atoms with Crippen LogP contribution in [0.2, 0.25) is 0 Å². The Balaban J connectivity index is 2.03. The van der Waals surface area contributed by atoms with Gasteiger partial charge in [-0.15, -0.1) is 0 Å². The molecular weight excluding hydrogens is 152 g/mol. The average Bonchev–Trinajstić information content (AvgIpc) is 2.73. The lowest BCUT2D eigenvalue weighted by molar-refractivity contribution is 0.415. The van der Waals surface area contributed by atoms with Gasteiger partial charge in [0.2, 0.25) is 0 Å². The third kappa shape index (κ3) is 1.67. The van der Waals surface area contributed by atoms with Gasteiger partial charge in [-0.2, -0.15) is 5.10 Å². The predicted octanol–water partition coefficient (Wildman–Crippen LogP) is 1.61. The summed E-state index contributed by atoms with van der Waals surface area (Å²) in [7, 11) is 0. The highest BCUT2D eigenvalue weighted by Gasteiger charge is 2.25. The van der Waals surface area contributed by atoms with Gasteiger partial charge in [-0.25, -0.2) is 0 Å². The molecule has 1 unspecified atom stereocenters. The lowest BCUT2D eigenvalue weighted by Crippen LogP contribution is -2.04. The zero-order valence-electron chi connectivity index (χ0n) is 7.53. The molecule has 3 heteroatoms. The number of hydrogen-bond acceptors (Lipinski definition) is 2. The van der Waals surface area contributed by atoms with Gasteiger partial charge in [0, 0.05) is 18.3 Å². The van der Waals surface area contributed by atoms with Crippen molar-refractivity contribution < 1.29 is 4.74 Å². The van der Waals surface area contributed by atoms with Gasteiger partial charge >= 0.3 is 0 Å². The molecule has 1 fully saturated rings. The predicted molar refractivity (Wildman–Crippen MR) is 45.8 cm³/mol. The van der Waals surface area contributed by atoms with Crippen LogP contribution in [-0.2, 0) is 11.3 Å². The Labute approximate surface area is 72.3 Å². The summed E-state index contributed by atoms with van der Waals surface area (Å²) in [6, 6.07) is 0. The summed E-state index contributed by atoms with van der Waals surface area (Å²) in [4.78, 5) is 0. The summed E-state index contributed by atoms with van der Waals surface area (Å²) in [5.74, 6) is 0.651. The molecule has 0 saturated carbocycles. The molecule has 0 aromatic carbocycles. The SMILES string of the molecule is CC(C)Cn1cc(C2CO2)cn1. The number of hydrogen-bond donors (Lipinski definition) is 0. The van der Waals surface area contributed by atoms with Gasteiger partial charge in [0.05, 0.1) is 12.8 Å². The van der Waals surface area contributed by atoms with E-state index >= 15 is 0 Å². The molecule has 0 radical (unpaired) electrons. The van der Waals surface area contributed by atoms with Crippen molar-refractivity contribution in [1.82, 2.24) is 9.78 Å². The van der Waals surface area contributed by atoms with Crippen molar-refractivity contribution in [3.8, 4) is 0 Å². The van der Waals surface area contributed by atoms with E-state index in [1.54, 1.807) is 0 Å². The normalized spacial score (nSPS) is 21.8. The van der Waals surface area contributed by atoms with Crippen LogP contribution in [-0.4, -0.2) is 16.4 Å². The van der Waals surface area contributed by atoms with E-state index in [1.807, 2.05) is 10.9 Å². The molecule has 1 aliphatic heterocycles. The average molecular weight is 166 g/mol. The lowest BCUT2D eigenvalue weighted by atomic mass is 10.2. The lowest BCUT2D eigenvalue weighted by Gasteiger charge is -2.02. The fraction of sp³-hybridized carbons (Fsp3) is 0.667. The highest BCUT2D eigenvalue weighted by Crippen LogP contribution is 2.28. The summed E-state index contributed by atoms with van der Waals surface area (Å²) in [5.41, 5.74) is 1.22. The van der Waals surface area contributed by atoms with Gasteiger partial charge in [0.15, 0.2) is 0 Å². The molecule has 1 aromatic heterocycles. The summed E-state index contributed by atoms with van der Waals surface area (Å²) in [6.45, 7) is 6.24. The molecule has 2 heterocycles. The maximum atomic E-state index is 5.16. The summed E-state index contributed by atoms with van der Waals surface area (Å²) < 4.78 is 7.15. The highest BCUT2D eigenvalue weighted by molar-refractivity contribution is 5.12. The third-order valence-electron chi connectivity index (χ3n) is 1.91. The molecule has 66 valence electrons. The summed E-state index contributed by atoms with van der Waals surface area (Å²) >= 11 is 0. The number of rotatable bonds is 3. The van der Waals surface area contributed by atoms with Crippen LogP contribution in [0, 0.1) is 5.92 Å². The van der Waals surface area contributed by atoms with Gasteiger partial charge in [-0.1, -0.05) is 13.8 Å². The third-order valence-corrected chi connectivity index (χ3v) is 1.91. The first-order valence-electron chi connectivity index (χ1n) is 4.39. The second kappa shape index (κ2) is 2.90. The van der Waals surface area contributed by atoms with E-state index in [2.05, 4.69) is 25.1 Å². The van der Waals surface area contributed by atoms with E-state index in [4.69, 9.17) is 4.74 Å². The first-order valence-corrected chi connectivity index (χ1v) is 4.39. The summed E-state index contributed by atoms with van der Waals surface area (Å²) in [6.07, 6.45) is 4.32. The van der Waals surface area contributed by atoms with Crippen molar-refractivity contribution in [2.24, 2.45) is 5.92 Å². The van der Waals surface area contributed by atoms with E-state index in [9.17, 15) is 0 Å². The van der Waals surface area contributed by atoms with Gasteiger partial charge in [-0.05, 0) is 5.92 Å². The highest BCUT2D eigenvalue weighted by atomic mass is 16.6. The molecule has 0 spiro atoms. The van der Waals surface area contributed by atoms with Crippen molar-refractivity contribution in [1.29, 1.82) is 0 Å². The van der Waals surface area contributed by atoms with Gasteiger partial charge < -0.3 is 4.74 Å². The van der Waals surface area contributed by atoms with Crippen LogP contribution in [0.15, 0.2) is 12.4 Å². The molecule has 3 nitrogen and oxygen atoms in total. The van der Waals surface area contributed by atoms with Crippen molar-refractivity contribution in [3.05, 3.63) is 18.0 Å². The van der Waals surface area contributed by atoms with Gasteiger partial charge in [0.1, 0.15) is 6.10 Å². The van der Waals surface area contributed by atoms with Crippen LogP contribution in [0.25, 0.3) is 0 Å². The molecule has 0 amide bonds. The topological polar surface area (TPSA) is 30.4 Å². The van der Waals surface area contributed by atoms with Gasteiger partial charge in [0.25, 0.3) is 0 Å². The van der Waals surface area contributed by atoms with E-state index in [0.717, 1.165) is 13.2 Å². The second-order valence-electron chi connectivity index (χ2n) is 3.71. The number of aromatic nitrogens is 2. The van der Waals surface area contributed by atoms with Crippen molar-refractivity contribution in [2.75, 3.05) is 6.61 Å². The fourth-order valence-electron chi connectivity index (χ4n) is 1.26. The zero-order chi connectivity index (χ0) is 8.55. The van der Waals surface area contributed by atoms with Crippen LogP contribution < -0.4 is 0 Å². The Morgan fingerprint density at radius 1 is 1.75 bits per heavy atom. The van der Waals surface area contributed by atoms with Crippen LogP contribution in [0.4, 0.5) is 0 Å². The molecule has 0 bridgehead atoms. The maximum absolute atomic E-state index is 5.16. The number of ether oxygens (including phenoxy) is 1. The monoisotopic (exact) mass is 166 g/mol. The molecule has 1 aliphatic rings. The zero-order valence-corrected chi connectivity index (χ0v) is 7.53. The smallest absolute Gasteiger partial charge is 0.109 e. The van der Waals surface area contributed by atoms with Crippen LogP contribution >= 0.6 is 0 Å². The van der Waals surface area contributed by atoms with Crippen LogP contribution in [0.1, 0.15) is 25.5 Å². The second-order valence-corrected chi connectivity index (χ2v) is 3.71.